The van der Waals surface area contributed by atoms with Crippen LogP contribution < -0.4 is 10.3 Å². The third-order valence-corrected chi connectivity index (χ3v) is 6.04. The summed E-state index contributed by atoms with van der Waals surface area (Å²) in [4.78, 5) is 31.5. The largest absolute Gasteiger partial charge is 0.491 e. The second-order valence-electron chi connectivity index (χ2n) is 7.60. The highest BCUT2D eigenvalue weighted by atomic mass is 32.1. The number of hydrogen-bond donors (Lipinski definition) is 1. The van der Waals surface area contributed by atoms with Crippen LogP contribution in [0.2, 0.25) is 0 Å². The van der Waals surface area contributed by atoms with Crippen LogP contribution in [0.15, 0.2) is 88.5 Å². The van der Waals surface area contributed by atoms with Crippen molar-refractivity contribution in [2.24, 2.45) is 0 Å². The summed E-state index contributed by atoms with van der Waals surface area (Å²) in [5.41, 5.74) is 4.44. The van der Waals surface area contributed by atoms with Gasteiger partial charge in [-0.25, -0.2) is 9.78 Å². The van der Waals surface area contributed by atoms with Crippen LogP contribution in [-0.2, 0) is 4.79 Å². The number of alkyl halides is 3. The third-order valence-electron chi connectivity index (χ3n) is 5.36. The standard InChI is InChI=1S/C26H15F3N2O3S/c27-26(28,29)25(33)34-18-8-6-16(7-9-18)22-19(15-4-2-1-3-5-15)12-20-23(31-22)21(13-30-24(20)32)17-10-11-35-14-17/h1-14H,(H,30,32). The topological polar surface area (TPSA) is 72.0 Å². The Morgan fingerprint density at radius 2 is 1.66 bits per heavy atom. The number of H-pyrrole nitrogens is 1. The number of pyridine rings is 2. The summed E-state index contributed by atoms with van der Waals surface area (Å²) in [5.74, 6) is -2.53. The van der Waals surface area contributed by atoms with Crippen LogP contribution >= 0.6 is 11.3 Å². The summed E-state index contributed by atoms with van der Waals surface area (Å²) in [7, 11) is 0. The van der Waals surface area contributed by atoms with Crippen molar-refractivity contribution in [2.75, 3.05) is 0 Å². The molecule has 0 atom stereocenters. The molecule has 0 spiro atoms. The number of esters is 1. The van der Waals surface area contributed by atoms with Crippen LogP contribution in [0.3, 0.4) is 0 Å². The van der Waals surface area contributed by atoms with Crippen LogP contribution in [0.1, 0.15) is 0 Å². The molecule has 5 rings (SSSR count). The van der Waals surface area contributed by atoms with E-state index in [0.717, 1.165) is 16.7 Å². The van der Waals surface area contributed by atoms with Gasteiger partial charge in [0.1, 0.15) is 5.75 Å². The molecule has 0 saturated carbocycles. The van der Waals surface area contributed by atoms with Crippen LogP contribution in [-0.4, -0.2) is 22.1 Å². The Labute approximate surface area is 200 Å². The van der Waals surface area contributed by atoms with Crippen molar-refractivity contribution >= 4 is 28.2 Å². The Balaban J connectivity index is 1.69. The normalized spacial score (nSPS) is 11.5. The summed E-state index contributed by atoms with van der Waals surface area (Å²) in [5, 5.41) is 4.28. The van der Waals surface area contributed by atoms with Gasteiger partial charge in [0.15, 0.2) is 0 Å². The Kier molecular flexibility index (Phi) is 5.70. The van der Waals surface area contributed by atoms with Gasteiger partial charge in [-0.1, -0.05) is 30.3 Å². The summed E-state index contributed by atoms with van der Waals surface area (Å²) in [6.45, 7) is 0. The number of halogens is 3. The third kappa shape index (κ3) is 4.45. The van der Waals surface area contributed by atoms with Crippen molar-refractivity contribution in [1.29, 1.82) is 0 Å². The summed E-state index contributed by atoms with van der Waals surface area (Å²) in [6, 6.07) is 18.6. The Morgan fingerprint density at radius 1 is 0.914 bits per heavy atom. The molecule has 9 heteroatoms. The highest BCUT2D eigenvalue weighted by Crippen LogP contribution is 2.36. The van der Waals surface area contributed by atoms with Gasteiger partial charge in [0.25, 0.3) is 5.56 Å². The lowest BCUT2D eigenvalue weighted by Gasteiger charge is -2.14. The second kappa shape index (κ2) is 8.84. The van der Waals surface area contributed by atoms with E-state index in [0.29, 0.717) is 27.7 Å². The van der Waals surface area contributed by atoms with Crippen molar-refractivity contribution in [2.45, 2.75) is 6.18 Å². The Bertz CT molecular complexity index is 1580. The zero-order chi connectivity index (χ0) is 24.6. The molecule has 5 aromatic rings. The van der Waals surface area contributed by atoms with E-state index < -0.39 is 12.1 Å². The maximum Gasteiger partial charge on any atom is 0.491 e. The van der Waals surface area contributed by atoms with E-state index in [2.05, 4.69) is 9.72 Å². The minimum atomic E-state index is -5.09. The van der Waals surface area contributed by atoms with E-state index in [1.807, 2.05) is 47.2 Å². The van der Waals surface area contributed by atoms with Crippen molar-refractivity contribution in [3.8, 4) is 39.3 Å². The molecule has 3 heterocycles. The van der Waals surface area contributed by atoms with Gasteiger partial charge in [0.2, 0.25) is 0 Å². The van der Waals surface area contributed by atoms with E-state index in [4.69, 9.17) is 4.98 Å². The molecule has 0 unspecified atom stereocenters. The number of carbonyl (C=O) groups excluding carboxylic acids is 1. The monoisotopic (exact) mass is 492 g/mol. The number of hydrogen-bond acceptors (Lipinski definition) is 5. The summed E-state index contributed by atoms with van der Waals surface area (Å²) < 4.78 is 42.0. The van der Waals surface area contributed by atoms with E-state index in [9.17, 15) is 22.8 Å². The molecule has 0 bridgehead atoms. The fourth-order valence-corrected chi connectivity index (χ4v) is 4.37. The van der Waals surface area contributed by atoms with Gasteiger partial charge in [-0.15, -0.1) is 0 Å². The van der Waals surface area contributed by atoms with Crippen molar-refractivity contribution in [3.63, 3.8) is 0 Å². The predicted octanol–water partition coefficient (Wildman–Crippen LogP) is 6.45. The van der Waals surface area contributed by atoms with Gasteiger partial charge >= 0.3 is 12.1 Å². The molecule has 174 valence electrons. The predicted molar refractivity (Wildman–Crippen MR) is 128 cm³/mol. The number of ether oxygens (including phenoxy) is 1. The number of aromatic nitrogens is 2. The fraction of sp³-hybridized carbons (Fsp3) is 0.0385. The first-order valence-corrected chi connectivity index (χ1v) is 11.3. The van der Waals surface area contributed by atoms with Gasteiger partial charge in [-0.05, 0) is 58.3 Å². The molecule has 0 aliphatic rings. The first-order chi connectivity index (χ1) is 16.8. The smallest absolute Gasteiger partial charge is 0.420 e. The fourth-order valence-electron chi connectivity index (χ4n) is 3.72. The van der Waals surface area contributed by atoms with Crippen molar-refractivity contribution in [3.05, 3.63) is 94.0 Å². The molecule has 0 fully saturated rings. The lowest BCUT2D eigenvalue weighted by molar-refractivity contribution is -0.189. The molecule has 0 saturated heterocycles. The number of benzene rings is 2. The van der Waals surface area contributed by atoms with E-state index in [1.54, 1.807) is 12.3 Å². The molecule has 1 N–H and O–H groups in total. The second-order valence-corrected chi connectivity index (χ2v) is 8.38. The first-order valence-electron chi connectivity index (χ1n) is 10.3. The SMILES string of the molecule is O=C(Oc1ccc(-c2nc3c(-c4ccsc4)c[nH]c(=O)c3cc2-c2ccccc2)cc1)C(F)(F)F. The average molecular weight is 492 g/mol. The minimum Gasteiger partial charge on any atom is -0.420 e. The molecule has 0 aliphatic carbocycles. The van der Waals surface area contributed by atoms with Crippen LogP contribution in [0.5, 0.6) is 5.75 Å². The first kappa shape index (κ1) is 22.5. The molecular weight excluding hydrogens is 477 g/mol. The Hall–Kier alpha value is -4.24. The van der Waals surface area contributed by atoms with Crippen LogP contribution in [0.4, 0.5) is 13.2 Å². The maximum absolute atomic E-state index is 12.7. The number of nitrogens with one attached hydrogen (secondary N) is 1. The molecule has 0 radical (unpaired) electrons. The molecule has 5 nitrogen and oxygen atoms in total. The highest BCUT2D eigenvalue weighted by molar-refractivity contribution is 7.08. The summed E-state index contributed by atoms with van der Waals surface area (Å²) in [6.07, 6.45) is -3.48. The zero-order valence-electron chi connectivity index (χ0n) is 17.8. The zero-order valence-corrected chi connectivity index (χ0v) is 18.6. The molecule has 3 aromatic heterocycles. The maximum atomic E-state index is 12.7. The molecule has 35 heavy (non-hydrogen) atoms. The number of rotatable bonds is 4. The van der Waals surface area contributed by atoms with Gasteiger partial charge in [-0.2, -0.15) is 24.5 Å². The van der Waals surface area contributed by atoms with Crippen LogP contribution in [0.25, 0.3) is 44.4 Å². The van der Waals surface area contributed by atoms with E-state index >= 15 is 0 Å². The molecule has 2 aromatic carbocycles. The number of fused-ring (bicyclic) bond motifs is 1. The lowest BCUT2D eigenvalue weighted by Crippen LogP contribution is -2.27. The number of aromatic amines is 1. The van der Waals surface area contributed by atoms with Crippen molar-refractivity contribution in [1.82, 2.24) is 9.97 Å². The quantitative estimate of drug-likeness (QED) is 0.231. The lowest BCUT2D eigenvalue weighted by atomic mass is 9.96. The summed E-state index contributed by atoms with van der Waals surface area (Å²) >= 11 is 1.51. The van der Waals surface area contributed by atoms with Crippen molar-refractivity contribution < 1.29 is 22.7 Å². The number of nitrogens with zero attached hydrogens (tertiary/aromatic N) is 1. The average Bonchev–Trinajstić information content (AvgIpc) is 3.39. The minimum absolute atomic E-state index is 0.242. The molecule has 0 aliphatic heterocycles. The number of carbonyl (C=O) groups is 1. The Morgan fingerprint density at radius 3 is 2.31 bits per heavy atom. The highest BCUT2D eigenvalue weighted by Gasteiger charge is 2.41. The van der Waals surface area contributed by atoms with Gasteiger partial charge in [-0.3, -0.25) is 4.79 Å². The van der Waals surface area contributed by atoms with Gasteiger partial charge in [0.05, 0.1) is 16.6 Å². The van der Waals surface area contributed by atoms with E-state index in [-0.39, 0.29) is 11.3 Å². The molecule has 0 amide bonds. The van der Waals surface area contributed by atoms with Gasteiger partial charge in [0, 0.05) is 22.9 Å². The van der Waals surface area contributed by atoms with Gasteiger partial charge < -0.3 is 9.72 Å². The van der Waals surface area contributed by atoms with Crippen LogP contribution in [0, 0.1) is 0 Å². The molecular formula is C26H15F3N2O3S. The van der Waals surface area contributed by atoms with E-state index in [1.165, 1.54) is 35.6 Å². The number of thiophene rings is 1.